The van der Waals surface area contributed by atoms with Crippen LogP contribution in [-0.2, 0) is 23.0 Å². The molecule has 0 aliphatic rings. The van der Waals surface area contributed by atoms with Gasteiger partial charge in [-0.15, -0.1) is 22.7 Å². The van der Waals surface area contributed by atoms with Gasteiger partial charge in [-0.25, -0.2) is 18.1 Å². The molecule has 0 aliphatic carbocycles. The summed E-state index contributed by atoms with van der Waals surface area (Å²) in [5.41, 5.74) is 2.66. The van der Waals surface area contributed by atoms with Gasteiger partial charge in [-0.05, 0) is 11.4 Å². The van der Waals surface area contributed by atoms with Crippen LogP contribution in [0.4, 0.5) is 0 Å². The summed E-state index contributed by atoms with van der Waals surface area (Å²) in [7, 11) is -3.45. The molecule has 0 amide bonds. The summed E-state index contributed by atoms with van der Waals surface area (Å²) in [5, 5.41) is 6.99. The minimum absolute atomic E-state index is 0.320. The number of nitrogens with one attached hydrogen (secondary N) is 2. The molecule has 0 saturated carbocycles. The van der Waals surface area contributed by atoms with Gasteiger partial charge in [0.1, 0.15) is 0 Å². The summed E-state index contributed by atoms with van der Waals surface area (Å²) < 4.78 is 27.3. The summed E-state index contributed by atoms with van der Waals surface area (Å²) >= 11 is 2.97. The number of aromatic nitrogens is 1. The zero-order chi connectivity index (χ0) is 15.3. The Bertz CT molecular complexity index is 648. The van der Waals surface area contributed by atoms with Crippen LogP contribution in [0, 0.1) is 0 Å². The molecule has 0 saturated heterocycles. The SMILES string of the molecule is CC(C)NCc1sccc1S(=O)(=O)NCCc1cscn1. The number of rotatable bonds is 8. The minimum atomic E-state index is -3.45. The maximum absolute atomic E-state index is 12.3. The lowest BCUT2D eigenvalue weighted by Gasteiger charge is -2.10. The zero-order valence-electron chi connectivity index (χ0n) is 12.0. The van der Waals surface area contributed by atoms with E-state index in [1.807, 2.05) is 24.6 Å². The number of thiazole rings is 1. The van der Waals surface area contributed by atoms with Crippen LogP contribution in [0.5, 0.6) is 0 Å². The Morgan fingerprint density at radius 3 is 2.86 bits per heavy atom. The molecule has 0 radical (unpaired) electrons. The van der Waals surface area contributed by atoms with E-state index in [2.05, 4.69) is 15.0 Å². The van der Waals surface area contributed by atoms with Gasteiger partial charge < -0.3 is 5.32 Å². The smallest absolute Gasteiger partial charge is 0.241 e. The van der Waals surface area contributed by atoms with Crippen molar-refractivity contribution in [1.29, 1.82) is 0 Å². The van der Waals surface area contributed by atoms with Crippen LogP contribution in [0.15, 0.2) is 27.2 Å². The lowest BCUT2D eigenvalue weighted by Crippen LogP contribution is -2.28. The van der Waals surface area contributed by atoms with Crippen LogP contribution in [0.3, 0.4) is 0 Å². The van der Waals surface area contributed by atoms with Crippen molar-refractivity contribution in [2.45, 2.75) is 37.8 Å². The predicted molar refractivity (Wildman–Crippen MR) is 87.3 cm³/mol. The molecule has 0 unspecified atom stereocenters. The monoisotopic (exact) mass is 345 g/mol. The first-order chi connectivity index (χ1) is 9.99. The van der Waals surface area contributed by atoms with E-state index >= 15 is 0 Å². The van der Waals surface area contributed by atoms with Crippen molar-refractivity contribution in [3.05, 3.63) is 32.9 Å². The second-order valence-corrected chi connectivity index (χ2v) is 8.33. The maximum atomic E-state index is 12.3. The third kappa shape index (κ3) is 4.86. The maximum Gasteiger partial charge on any atom is 0.241 e. The molecule has 2 aromatic rings. The first-order valence-electron chi connectivity index (χ1n) is 6.65. The van der Waals surface area contributed by atoms with Crippen molar-refractivity contribution in [3.63, 3.8) is 0 Å². The zero-order valence-corrected chi connectivity index (χ0v) is 14.4. The fraction of sp³-hybridized carbons (Fsp3) is 0.462. The molecule has 0 bridgehead atoms. The Morgan fingerprint density at radius 1 is 1.38 bits per heavy atom. The van der Waals surface area contributed by atoms with Gasteiger partial charge in [0, 0.05) is 35.8 Å². The van der Waals surface area contributed by atoms with E-state index in [0.29, 0.717) is 30.4 Å². The summed E-state index contributed by atoms with van der Waals surface area (Å²) in [6.07, 6.45) is 0.604. The third-order valence-electron chi connectivity index (χ3n) is 2.82. The van der Waals surface area contributed by atoms with E-state index in [1.165, 1.54) is 22.7 Å². The minimum Gasteiger partial charge on any atom is -0.310 e. The van der Waals surface area contributed by atoms with E-state index < -0.39 is 10.0 Å². The van der Waals surface area contributed by atoms with E-state index in [0.717, 1.165) is 10.6 Å². The van der Waals surface area contributed by atoms with Crippen LogP contribution >= 0.6 is 22.7 Å². The second kappa shape index (κ2) is 7.46. The normalized spacial score (nSPS) is 12.1. The van der Waals surface area contributed by atoms with Crippen LogP contribution in [0.1, 0.15) is 24.4 Å². The third-order valence-corrected chi connectivity index (χ3v) is 6.05. The lowest BCUT2D eigenvalue weighted by atomic mass is 10.3. The molecule has 116 valence electrons. The summed E-state index contributed by atoms with van der Waals surface area (Å²) in [6, 6.07) is 1.98. The molecule has 21 heavy (non-hydrogen) atoms. The highest BCUT2D eigenvalue weighted by Gasteiger charge is 2.19. The van der Waals surface area contributed by atoms with Gasteiger partial charge in [-0.3, -0.25) is 0 Å². The molecule has 2 aromatic heterocycles. The summed E-state index contributed by atoms with van der Waals surface area (Å²) in [4.78, 5) is 5.35. The largest absolute Gasteiger partial charge is 0.310 e. The Labute approximate surface area is 133 Å². The molecule has 0 fully saturated rings. The van der Waals surface area contributed by atoms with Gasteiger partial charge in [-0.1, -0.05) is 13.8 Å². The van der Waals surface area contributed by atoms with Crippen LogP contribution in [0.25, 0.3) is 0 Å². The van der Waals surface area contributed by atoms with Crippen molar-refractivity contribution in [2.24, 2.45) is 0 Å². The first kappa shape index (κ1) is 16.6. The quantitative estimate of drug-likeness (QED) is 0.770. The first-order valence-corrected chi connectivity index (χ1v) is 9.96. The molecule has 8 heteroatoms. The standard InChI is InChI=1S/C13H19N3O2S3/c1-10(2)14-7-12-13(4-6-20-12)21(17,18)16-5-3-11-8-19-9-15-11/h4,6,8-10,14,16H,3,5,7H2,1-2H3. The summed E-state index contributed by atoms with van der Waals surface area (Å²) in [5.74, 6) is 0. The van der Waals surface area contributed by atoms with E-state index in [1.54, 1.807) is 11.6 Å². The average Bonchev–Trinajstić information content (AvgIpc) is 3.07. The summed E-state index contributed by atoms with van der Waals surface area (Å²) in [6.45, 7) is 5.00. The van der Waals surface area contributed by atoms with Gasteiger partial charge >= 0.3 is 0 Å². The molecular formula is C13H19N3O2S3. The molecule has 2 heterocycles. The Hall–Kier alpha value is -0.800. The van der Waals surface area contributed by atoms with Crippen LogP contribution < -0.4 is 10.0 Å². The Morgan fingerprint density at radius 2 is 2.19 bits per heavy atom. The van der Waals surface area contributed by atoms with Crippen molar-refractivity contribution in [1.82, 2.24) is 15.0 Å². The highest BCUT2D eigenvalue weighted by atomic mass is 32.2. The van der Waals surface area contributed by atoms with Crippen LogP contribution in [-0.4, -0.2) is 26.0 Å². The van der Waals surface area contributed by atoms with E-state index in [4.69, 9.17) is 0 Å². The van der Waals surface area contributed by atoms with Gasteiger partial charge in [0.25, 0.3) is 0 Å². The molecule has 0 aromatic carbocycles. The second-order valence-electron chi connectivity index (χ2n) is 4.87. The van der Waals surface area contributed by atoms with E-state index in [-0.39, 0.29) is 0 Å². The number of sulfonamides is 1. The highest BCUT2D eigenvalue weighted by Crippen LogP contribution is 2.21. The van der Waals surface area contributed by atoms with Gasteiger partial charge in [0.15, 0.2) is 0 Å². The molecule has 2 rings (SSSR count). The molecule has 0 atom stereocenters. The molecule has 2 N–H and O–H groups in total. The van der Waals surface area contributed by atoms with Crippen molar-refractivity contribution in [3.8, 4) is 0 Å². The number of thiophene rings is 1. The molecule has 0 spiro atoms. The molecular weight excluding hydrogens is 326 g/mol. The Kier molecular flexibility index (Phi) is 5.88. The van der Waals surface area contributed by atoms with Gasteiger partial charge in [0.2, 0.25) is 10.0 Å². The fourth-order valence-electron chi connectivity index (χ4n) is 1.75. The average molecular weight is 346 g/mol. The predicted octanol–water partition coefficient (Wildman–Crippen LogP) is 2.22. The fourth-order valence-corrected chi connectivity index (χ4v) is 4.76. The van der Waals surface area contributed by atoms with Gasteiger partial charge in [0.05, 0.1) is 16.1 Å². The lowest BCUT2D eigenvalue weighted by molar-refractivity contribution is 0.571. The number of nitrogens with zero attached hydrogens (tertiary/aromatic N) is 1. The van der Waals surface area contributed by atoms with Crippen LogP contribution in [0.2, 0.25) is 0 Å². The van der Waals surface area contributed by atoms with Crippen molar-refractivity contribution in [2.75, 3.05) is 6.54 Å². The van der Waals surface area contributed by atoms with Gasteiger partial charge in [-0.2, -0.15) is 0 Å². The Balaban J connectivity index is 1.97. The topological polar surface area (TPSA) is 71.1 Å². The molecule has 0 aliphatic heterocycles. The number of hydrogen-bond acceptors (Lipinski definition) is 6. The van der Waals surface area contributed by atoms with E-state index in [9.17, 15) is 8.42 Å². The van der Waals surface area contributed by atoms with Crippen molar-refractivity contribution >= 4 is 32.7 Å². The molecule has 5 nitrogen and oxygen atoms in total. The highest BCUT2D eigenvalue weighted by molar-refractivity contribution is 7.89. The number of hydrogen-bond donors (Lipinski definition) is 2. The van der Waals surface area contributed by atoms with Crippen molar-refractivity contribution < 1.29 is 8.42 Å².